The SMILES string of the molecule is COc1ccc([C@@H]2c3cc(OC)c(OC)cc3CCN2C(=O)c2ccccc2Br)cc1OC. The standard InChI is InChI=1S/C26H26BrNO5/c1-30-21-10-9-17(14-22(21)31-2)25-19-15-24(33-4)23(32-3)13-16(19)11-12-28(25)26(29)18-7-5-6-8-20(18)27/h5-10,13-15,25H,11-12H2,1-4H3/t25-/m1/s1. The number of benzene rings is 3. The number of fused-ring (bicyclic) bond motifs is 1. The van der Waals surface area contributed by atoms with Crippen molar-refractivity contribution in [1.29, 1.82) is 0 Å². The summed E-state index contributed by atoms with van der Waals surface area (Å²) in [4.78, 5) is 15.7. The predicted molar refractivity (Wildman–Crippen MR) is 130 cm³/mol. The molecule has 172 valence electrons. The highest BCUT2D eigenvalue weighted by atomic mass is 79.9. The van der Waals surface area contributed by atoms with Gasteiger partial charge >= 0.3 is 0 Å². The summed E-state index contributed by atoms with van der Waals surface area (Å²) in [6.45, 7) is 0.557. The van der Waals surface area contributed by atoms with E-state index in [0.717, 1.165) is 21.2 Å². The maximum Gasteiger partial charge on any atom is 0.255 e. The summed E-state index contributed by atoms with van der Waals surface area (Å²) in [6.07, 6.45) is 0.704. The lowest BCUT2D eigenvalue weighted by molar-refractivity contribution is 0.0693. The van der Waals surface area contributed by atoms with Crippen molar-refractivity contribution in [2.45, 2.75) is 12.5 Å². The first-order valence-electron chi connectivity index (χ1n) is 10.5. The highest BCUT2D eigenvalue weighted by Gasteiger charge is 2.35. The molecule has 0 aromatic heterocycles. The first kappa shape index (κ1) is 23.0. The predicted octanol–water partition coefficient (Wildman–Crippen LogP) is 5.27. The van der Waals surface area contributed by atoms with Crippen LogP contribution in [-0.2, 0) is 6.42 Å². The minimum atomic E-state index is -0.340. The largest absolute Gasteiger partial charge is 0.493 e. The summed E-state index contributed by atoms with van der Waals surface area (Å²) < 4.78 is 22.9. The Morgan fingerprint density at radius 1 is 0.848 bits per heavy atom. The quantitative estimate of drug-likeness (QED) is 0.451. The molecule has 0 aliphatic carbocycles. The lowest BCUT2D eigenvalue weighted by Crippen LogP contribution is -2.40. The highest BCUT2D eigenvalue weighted by molar-refractivity contribution is 9.10. The average Bonchev–Trinajstić information content (AvgIpc) is 2.86. The van der Waals surface area contributed by atoms with Gasteiger partial charge in [0.15, 0.2) is 23.0 Å². The number of carbonyl (C=O) groups excluding carboxylic acids is 1. The molecule has 3 aromatic rings. The summed E-state index contributed by atoms with van der Waals surface area (Å²) in [6, 6.07) is 16.9. The molecule has 0 fully saturated rings. The van der Waals surface area contributed by atoms with Crippen LogP contribution in [0.5, 0.6) is 23.0 Å². The molecular weight excluding hydrogens is 486 g/mol. The second-order valence-electron chi connectivity index (χ2n) is 7.65. The van der Waals surface area contributed by atoms with Crippen LogP contribution in [0.4, 0.5) is 0 Å². The number of methoxy groups -OCH3 is 4. The molecule has 0 bridgehead atoms. The normalized spacial score (nSPS) is 14.9. The van der Waals surface area contributed by atoms with Crippen LogP contribution in [0.2, 0.25) is 0 Å². The minimum absolute atomic E-state index is 0.0531. The van der Waals surface area contributed by atoms with Crippen molar-refractivity contribution < 1.29 is 23.7 Å². The second kappa shape index (κ2) is 9.75. The Morgan fingerprint density at radius 2 is 1.48 bits per heavy atom. The second-order valence-corrected chi connectivity index (χ2v) is 8.51. The van der Waals surface area contributed by atoms with Crippen molar-refractivity contribution >= 4 is 21.8 Å². The summed E-state index contributed by atoms with van der Waals surface area (Å²) in [5.41, 5.74) is 3.64. The number of ether oxygens (including phenoxy) is 4. The fourth-order valence-electron chi connectivity index (χ4n) is 4.34. The Hall–Kier alpha value is -3.19. The van der Waals surface area contributed by atoms with E-state index in [0.29, 0.717) is 41.5 Å². The molecule has 0 saturated heterocycles. The fraction of sp³-hybridized carbons (Fsp3) is 0.269. The number of nitrogens with zero attached hydrogens (tertiary/aromatic N) is 1. The number of carbonyl (C=O) groups is 1. The number of halogens is 1. The van der Waals surface area contributed by atoms with Crippen molar-refractivity contribution in [3.05, 3.63) is 81.3 Å². The molecule has 0 saturated carbocycles. The minimum Gasteiger partial charge on any atom is -0.493 e. The van der Waals surface area contributed by atoms with E-state index in [1.807, 2.05) is 59.5 Å². The molecule has 3 aromatic carbocycles. The molecule has 6 nitrogen and oxygen atoms in total. The van der Waals surface area contributed by atoms with E-state index in [1.54, 1.807) is 28.4 Å². The molecule has 4 rings (SSSR count). The molecule has 1 amide bonds. The van der Waals surface area contributed by atoms with Gasteiger partial charge in [-0.2, -0.15) is 0 Å². The van der Waals surface area contributed by atoms with E-state index in [9.17, 15) is 4.79 Å². The maximum atomic E-state index is 13.8. The van der Waals surface area contributed by atoms with E-state index in [1.165, 1.54) is 0 Å². The zero-order chi connectivity index (χ0) is 23.5. The lowest BCUT2D eigenvalue weighted by atomic mass is 9.87. The summed E-state index contributed by atoms with van der Waals surface area (Å²) in [5, 5.41) is 0. The van der Waals surface area contributed by atoms with Crippen LogP contribution in [0.3, 0.4) is 0 Å². The van der Waals surface area contributed by atoms with Gasteiger partial charge in [-0.25, -0.2) is 0 Å². The van der Waals surface area contributed by atoms with E-state index in [-0.39, 0.29) is 11.9 Å². The molecule has 1 aliphatic rings. The van der Waals surface area contributed by atoms with Gasteiger partial charge in [0.25, 0.3) is 5.91 Å². The first-order chi connectivity index (χ1) is 16.0. The maximum absolute atomic E-state index is 13.8. The van der Waals surface area contributed by atoms with Crippen molar-refractivity contribution in [2.24, 2.45) is 0 Å². The van der Waals surface area contributed by atoms with Crippen molar-refractivity contribution in [3.8, 4) is 23.0 Å². The molecule has 1 heterocycles. The van der Waals surface area contributed by atoms with Crippen molar-refractivity contribution in [1.82, 2.24) is 4.90 Å². The Balaban J connectivity index is 1.90. The molecule has 1 atom stereocenters. The van der Waals surface area contributed by atoms with Crippen LogP contribution in [0.25, 0.3) is 0 Å². The van der Waals surface area contributed by atoms with Gasteiger partial charge in [0.2, 0.25) is 0 Å². The Morgan fingerprint density at radius 3 is 2.15 bits per heavy atom. The zero-order valence-corrected chi connectivity index (χ0v) is 20.6. The van der Waals surface area contributed by atoms with Gasteiger partial charge in [-0.3, -0.25) is 4.79 Å². The first-order valence-corrected chi connectivity index (χ1v) is 11.3. The van der Waals surface area contributed by atoms with Crippen LogP contribution in [0.15, 0.2) is 59.1 Å². The number of rotatable bonds is 6. The lowest BCUT2D eigenvalue weighted by Gasteiger charge is -2.38. The van der Waals surface area contributed by atoms with Crippen LogP contribution < -0.4 is 18.9 Å². The summed E-state index contributed by atoms with van der Waals surface area (Å²) in [7, 11) is 6.45. The van der Waals surface area contributed by atoms with Crippen molar-refractivity contribution in [3.63, 3.8) is 0 Å². The molecule has 33 heavy (non-hydrogen) atoms. The zero-order valence-electron chi connectivity index (χ0n) is 19.1. The van der Waals surface area contributed by atoms with E-state index in [4.69, 9.17) is 18.9 Å². The highest BCUT2D eigenvalue weighted by Crippen LogP contribution is 2.43. The number of hydrogen-bond acceptors (Lipinski definition) is 5. The van der Waals surface area contributed by atoms with Crippen LogP contribution >= 0.6 is 15.9 Å². The van der Waals surface area contributed by atoms with Gasteiger partial charge in [-0.15, -0.1) is 0 Å². The molecule has 0 radical (unpaired) electrons. The molecule has 1 aliphatic heterocycles. The van der Waals surface area contributed by atoms with Gasteiger partial charge in [-0.05, 0) is 75.4 Å². The van der Waals surface area contributed by atoms with Crippen LogP contribution in [-0.4, -0.2) is 45.8 Å². The number of hydrogen-bond donors (Lipinski definition) is 0. The Bertz CT molecular complexity index is 1180. The Labute approximate surface area is 202 Å². The van der Waals surface area contributed by atoms with Crippen LogP contribution in [0, 0.1) is 0 Å². The van der Waals surface area contributed by atoms with Gasteiger partial charge in [0, 0.05) is 11.0 Å². The Kier molecular flexibility index (Phi) is 6.79. The number of amides is 1. The molecule has 0 spiro atoms. The topological polar surface area (TPSA) is 57.2 Å². The van der Waals surface area contributed by atoms with E-state index in [2.05, 4.69) is 15.9 Å². The van der Waals surface area contributed by atoms with Crippen molar-refractivity contribution in [2.75, 3.05) is 35.0 Å². The van der Waals surface area contributed by atoms with E-state index >= 15 is 0 Å². The molecular formula is C26H26BrNO5. The van der Waals surface area contributed by atoms with Gasteiger partial charge in [0.1, 0.15) is 0 Å². The van der Waals surface area contributed by atoms with E-state index < -0.39 is 0 Å². The third kappa shape index (κ3) is 4.25. The molecule has 7 heteroatoms. The van der Waals surface area contributed by atoms with Gasteiger partial charge < -0.3 is 23.8 Å². The monoisotopic (exact) mass is 511 g/mol. The molecule has 0 unspecified atom stereocenters. The van der Waals surface area contributed by atoms with Gasteiger partial charge in [-0.1, -0.05) is 18.2 Å². The summed E-state index contributed by atoms with van der Waals surface area (Å²) >= 11 is 3.53. The van der Waals surface area contributed by atoms with Crippen LogP contribution in [0.1, 0.15) is 33.1 Å². The third-order valence-electron chi connectivity index (χ3n) is 5.96. The van der Waals surface area contributed by atoms with Gasteiger partial charge in [0.05, 0.1) is 40.0 Å². The fourth-order valence-corrected chi connectivity index (χ4v) is 4.79. The molecule has 0 N–H and O–H groups in total. The summed E-state index contributed by atoms with van der Waals surface area (Å²) in [5.74, 6) is 2.48. The average molecular weight is 512 g/mol. The third-order valence-corrected chi connectivity index (χ3v) is 6.65. The smallest absolute Gasteiger partial charge is 0.255 e.